The zero-order valence-electron chi connectivity index (χ0n) is 11.5. The van der Waals surface area contributed by atoms with E-state index in [0.29, 0.717) is 5.02 Å². The van der Waals surface area contributed by atoms with E-state index >= 15 is 0 Å². The van der Waals surface area contributed by atoms with Gasteiger partial charge in [-0.1, -0.05) is 11.6 Å². The smallest absolute Gasteiger partial charge is 0.243 e. The van der Waals surface area contributed by atoms with Crippen molar-refractivity contribution in [2.75, 3.05) is 5.73 Å². The molecule has 0 fully saturated rings. The summed E-state index contributed by atoms with van der Waals surface area (Å²) in [6.07, 6.45) is 0. The summed E-state index contributed by atoms with van der Waals surface area (Å²) in [4.78, 5) is 11.6. The van der Waals surface area contributed by atoms with E-state index < -0.39 is 22.0 Å². The maximum atomic E-state index is 12.2. The Balaban J connectivity index is 2.92. The number of nitrogens with one attached hydrogen (secondary N) is 2. The molecule has 1 aromatic rings. The Hall–Kier alpha value is -1.31. The van der Waals surface area contributed by atoms with Crippen molar-refractivity contribution in [3.63, 3.8) is 0 Å². The van der Waals surface area contributed by atoms with Gasteiger partial charge in [0.2, 0.25) is 15.9 Å². The van der Waals surface area contributed by atoms with Gasteiger partial charge in [-0.25, -0.2) is 8.42 Å². The first-order chi connectivity index (χ1) is 9.13. The number of carbonyl (C=O) groups excluding carboxylic acids is 1. The van der Waals surface area contributed by atoms with Crippen LogP contribution in [0.5, 0.6) is 0 Å². The molecule has 0 aliphatic carbocycles. The largest absolute Gasteiger partial charge is 0.398 e. The molecule has 1 atom stereocenters. The Bertz CT molecular complexity index is 602. The molecule has 0 aliphatic rings. The minimum atomic E-state index is -3.88. The van der Waals surface area contributed by atoms with Crippen molar-refractivity contribution < 1.29 is 13.2 Å². The number of amides is 1. The molecule has 20 heavy (non-hydrogen) atoms. The molecule has 6 nitrogen and oxygen atoms in total. The molecule has 0 aromatic heterocycles. The maximum absolute atomic E-state index is 12.2. The van der Waals surface area contributed by atoms with E-state index in [1.165, 1.54) is 25.1 Å². The number of anilines is 1. The Morgan fingerprint density at radius 1 is 1.30 bits per heavy atom. The van der Waals surface area contributed by atoms with Crippen LogP contribution in [0.25, 0.3) is 0 Å². The lowest BCUT2D eigenvalue weighted by Crippen LogP contribution is -2.46. The van der Waals surface area contributed by atoms with Crippen LogP contribution in [0, 0.1) is 0 Å². The van der Waals surface area contributed by atoms with Crippen LogP contribution in [0.2, 0.25) is 5.02 Å². The van der Waals surface area contributed by atoms with E-state index in [4.69, 9.17) is 17.3 Å². The Labute approximate surface area is 123 Å². The molecule has 0 spiro atoms. The van der Waals surface area contributed by atoms with E-state index in [0.717, 1.165) is 0 Å². The summed E-state index contributed by atoms with van der Waals surface area (Å²) in [6, 6.07) is 3.08. The molecule has 1 aromatic carbocycles. The summed E-state index contributed by atoms with van der Waals surface area (Å²) in [5.41, 5.74) is 5.67. The predicted molar refractivity (Wildman–Crippen MR) is 78.9 cm³/mol. The molecule has 0 radical (unpaired) electrons. The van der Waals surface area contributed by atoms with Gasteiger partial charge in [-0.3, -0.25) is 4.79 Å². The van der Waals surface area contributed by atoms with Gasteiger partial charge in [0.1, 0.15) is 4.90 Å². The first-order valence-corrected chi connectivity index (χ1v) is 7.87. The Morgan fingerprint density at radius 2 is 1.90 bits per heavy atom. The third-order valence-corrected chi connectivity index (χ3v) is 4.27. The molecular weight excluding hydrogens is 302 g/mol. The Morgan fingerprint density at radius 3 is 2.40 bits per heavy atom. The summed E-state index contributed by atoms with van der Waals surface area (Å²) >= 11 is 5.72. The van der Waals surface area contributed by atoms with Gasteiger partial charge in [-0.05, 0) is 39.0 Å². The highest BCUT2D eigenvalue weighted by atomic mass is 35.5. The quantitative estimate of drug-likeness (QED) is 0.708. The maximum Gasteiger partial charge on any atom is 0.243 e. The number of nitrogens with two attached hydrogens (primary N) is 1. The summed E-state index contributed by atoms with van der Waals surface area (Å²) < 4.78 is 26.6. The van der Waals surface area contributed by atoms with E-state index in [9.17, 15) is 13.2 Å². The van der Waals surface area contributed by atoms with E-state index in [2.05, 4.69) is 10.0 Å². The normalized spacial score (nSPS) is 13.2. The Kier molecular flexibility index (Phi) is 5.38. The molecule has 1 rings (SSSR count). The highest BCUT2D eigenvalue weighted by Gasteiger charge is 2.24. The summed E-state index contributed by atoms with van der Waals surface area (Å²) in [7, 11) is -3.88. The molecule has 0 aliphatic heterocycles. The van der Waals surface area contributed by atoms with Crippen LogP contribution in [0.4, 0.5) is 5.69 Å². The van der Waals surface area contributed by atoms with Crippen LogP contribution in [0.1, 0.15) is 20.8 Å². The second-order valence-electron chi connectivity index (χ2n) is 4.69. The summed E-state index contributed by atoms with van der Waals surface area (Å²) in [5.74, 6) is -0.406. The lowest BCUT2D eigenvalue weighted by molar-refractivity contribution is -0.122. The van der Waals surface area contributed by atoms with Crippen LogP contribution in [0.3, 0.4) is 0 Å². The van der Waals surface area contributed by atoms with Crippen LogP contribution in [-0.2, 0) is 14.8 Å². The lowest BCUT2D eigenvalue weighted by atomic mass is 10.3. The van der Waals surface area contributed by atoms with Gasteiger partial charge in [0.05, 0.1) is 11.7 Å². The molecule has 4 N–H and O–H groups in total. The van der Waals surface area contributed by atoms with E-state index in [1.807, 2.05) is 0 Å². The van der Waals surface area contributed by atoms with Gasteiger partial charge in [-0.2, -0.15) is 4.72 Å². The van der Waals surface area contributed by atoms with Crippen LogP contribution in [0.15, 0.2) is 23.1 Å². The van der Waals surface area contributed by atoms with Gasteiger partial charge in [0.25, 0.3) is 0 Å². The van der Waals surface area contributed by atoms with Crippen molar-refractivity contribution in [1.82, 2.24) is 10.0 Å². The molecule has 8 heteroatoms. The minimum Gasteiger partial charge on any atom is -0.398 e. The number of benzene rings is 1. The van der Waals surface area contributed by atoms with Crippen LogP contribution >= 0.6 is 11.6 Å². The topological polar surface area (TPSA) is 101 Å². The number of rotatable bonds is 5. The van der Waals surface area contributed by atoms with Crippen molar-refractivity contribution in [2.24, 2.45) is 0 Å². The first kappa shape index (κ1) is 16.7. The lowest BCUT2D eigenvalue weighted by Gasteiger charge is -2.17. The highest BCUT2D eigenvalue weighted by molar-refractivity contribution is 7.89. The van der Waals surface area contributed by atoms with E-state index in [-0.39, 0.29) is 16.6 Å². The number of halogens is 1. The van der Waals surface area contributed by atoms with Crippen molar-refractivity contribution in [1.29, 1.82) is 0 Å². The fraction of sp³-hybridized carbons (Fsp3) is 0.417. The third kappa shape index (κ3) is 4.36. The second-order valence-corrected chi connectivity index (χ2v) is 6.81. The number of nitrogen functional groups attached to an aromatic ring is 1. The fourth-order valence-electron chi connectivity index (χ4n) is 1.52. The molecule has 0 saturated heterocycles. The monoisotopic (exact) mass is 319 g/mol. The van der Waals surface area contributed by atoms with Crippen molar-refractivity contribution in [2.45, 2.75) is 37.8 Å². The van der Waals surface area contributed by atoms with Crippen LogP contribution in [-0.4, -0.2) is 26.4 Å². The molecule has 1 unspecified atom stereocenters. The predicted octanol–water partition coefficient (Wildman–Crippen LogP) is 1.11. The second kappa shape index (κ2) is 6.43. The minimum absolute atomic E-state index is 0.0291. The average Bonchev–Trinajstić information content (AvgIpc) is 2.26. The fourth-order valence-corrected chi connectivity index (χ4v) is 3.02. The molecule has 1 amide bonds. The number of hydrogen-bond donors (Lipinski definition) is 3. The number of sulfonamides is 1. The molecular formula is C12H18ClN3O3S. The molecule has 112 valence electrons. The SMILES string of the molecule is CC(C)NC(=O)C(C)NS(=O)(=O)c1ccc(Cl)cc1N. The molecule has 0 bridgehead atoms. The standard InChI is InChI=1S/C12H18ClN3O3S/c1-7(2)15-12(17)8(3)16-20(18,19)11-5-4-9(13)6-10(11)14/h4-8,16H,14H2,1-3H3,(H,15,17). The zero-order valence-corrected chi connectivity index (χ0v) is 13.0. The zero-order chi connectivity index (χ0) is 15.5. The first-order valence-electron chi connectivity index (χ1n) is 6.01. The van der Waals surface area contributed by atoms with Crippen molar-refractivity contribution in [3.8, 4) is 0 Å². The highest BCUT2D eigenvalue weighted by Crippen LogP contribution is 2.22. The van der Waals surface area contributed by atoms with Gasteiger partial charge in [-0.15, -0.1) is 0 Å². The average molecular weight is 320 g/mol. The molecule has 0 saturated carbocycles. The molecule has 0 heterocycles. The van der Waals surface area contributed by atoms with Crippen LogP contribution < -0.4 is 15.8 Å². The summed E-state index contributed by atoms with van der Waals surface area (Å²) in [6.45, 7) is 5.04. The third-order valence-electron chi connectivity index (χ3n) is 2.42. The number of hydrogen-bond acceptors (Lipinski definition) is 4. The van der Waals surface area contributed by atoms with Gasteiger partial charge in [0.15, 0.2) is 0 Å². The van der Waals surface area contributed by atoms with Gasteiger partial charge >= 0.3 is 0 Å². The van der Waals surface area contributed by atoms with Crippen molar-refractivity contribution >= 4 is 33.2 Å². The summed E-state index contributed by atoms with van der Waals surface area (Å²) in [5, 5.41) is 2.96. The van der Waals surface area contributed by atoms with Gasteiger partial charge in [0, 0.05) is 11.1 Å². The van der Waals surface area contributed by atoms with Crippen molar-refractivity contribution in [3.05, 3.63) is 23.2 Å². The number of carbonyl (C=O) groups is 1. The van der Waals surface area contributed by atoms with Gasteiger partial charge < -0.3 is 11.1 Å². The van der Waals surface area contributed by atoms with E-state index in [1.54, 1.807) is 13.8 Å².